The van der Waals surface area contributed by atoms with E-state index < -0.39 is 5.97 Å². The van der Waals surface area contributed by atoms with E-state index in [1.165, 1.54) is 12.8 Å². The van der Waals surface area contributed by atoms with Crippen molar-refractivity contribution in [3.63, 3.8) is 0 Å². The molecule has 1 N–H and O–H groups in total. The predicted octanol–water partition coefficient (Wildman–Crippen LogP) is 3.85. The van der Waals surface area contributed by atoms with Gasteiger partial charge in [0.05, 0.1) is 11.6 Å². The Hall–Kier alpha value is -1.10. The standard InChI is InChI=1S/C15H16ClNO2S/c16-15-11-3-1-2-4-12(11)20-13(15)8-17(9-14(18)19)7-10-5-6-10/h1-4,10H,5-9H2,(H,18,19). The van der Waals surface area contributed by atoms with E-state index in [1.807, 2.05) is 23.1 Å². The van der Waals surface area contributed by atoms with Crippen molar-refractivity contribution in [1.82, 2.24) is 4.90 Å². The minimum atomic E-state index is -0.775. The fraction of sp³-hybridized carbons (Fsp3) is 0.400. The Morgan fingerprint density at radius 1 is 1.40 bits per heavy atom. The number of rotatable bonds is 6. The summed E-state index contributed by atoms with van der Waals surface area (Å²) in [4.78, 5) is 14.0. The van der Waals surface area contributed by atoms with E-state index in [2.05, 4.69) is 6.07 Å². The van der Waals surface area contributed by atoms with Crippen LogP contribution in [0.1, 0.15) is 17.7 Å². The number of hydrogen-bond acceptors (Lipinski definition) is 3. The molecule has 1 saturated carbocycles. The van der Waals surface area contributed by atoms with Crippen LogP contribution in [0, 0.1) is 5.92 Å². The number of carbonyl (C=O) groups is 1. The van der Waals surface area contributed by atoms with E-state index in [9.17, 15) is 4.79 Å². The zero-order valence-corrected chi connectivity index (χ0v) is 12.6. The maximum Gasteiger partial charge on any atom is 0.317 e. The van der Waals surface area contributed by atoms with Crippen molar-refractivity contribution in [3.05, 3.63) is 34.2 Å². The van der Waals surface area contributed by atoms with Crippen molar-refractivity contribution < 1.29 is 9.90 Å². The lowest BCUT2D eigenvalue weighted by Gasteiger charge is -2.19. The van der Waals surface area contributed by atoms with Gasteiger partial charge in [-0.3, -0.25) is 9.69 Å². The summed E-state index contributed by atoms with van der Waals surface area (Å²) in [5, 5.41) is 10.9. The highest BCUT2D eigenvalue weighted by molar-refractivity contribution is 7.19. The van der Waals surface area contributed by atoms with Crippen LogP contribution >= 0.6 is 22.9 Å². The molecule has 0 bridgehead atoms. The van der Waals surface area contributed by atoms with Crippen LogP contribution in [0.5, 0.6) is 0 Å². The molecular formula is C15H16ClNO2S. The Morgan fingerprint density at radius 3 is 2.80 bits per heavy atom. The van der Waals surface area contributed by atoms with Gasteiger partial charge in [-0.25, -0.2) is 0 Å². The first-order chi connectivity index (χ1) is 9.63. The zero-order valence-electron chi connectivity index (χ0n) is 11.0. The number of halogens is 1. The minimum Gasteiger partial charge on any atom is -0.480 e. The molecule has 20 heavy (non-hydrogen) atoms. The molecule has 0 saturated heterocycles. The van der Waals surface area contributed by atoms with Crippen molar-refractivity contribution in [1.29, 1.82) is 0 Å². The topological polar surface area (TPSA) is 40.5 Å². The van der Waals surface area contributed by atoms with Gasteiger partial charge >= 0.3 is 5.97 Å². The highest BCUT2D eigenvalue weighted by Gasteiger charge is 2.26. The van der Waals surface area contributed by atoms with Gasteiger partial charge in [-0.05, 0) is 24.8 Å². The van der Waals surface area contributed by atoms with Crippen LogP contribution in [0.15, 0.2) is 24.3 Å². The largest absolute Gasteiger partial charge is 0.480 e. The molecule has 1 heterocycles. The highest BCUT2D eigenvalue weighted by Crippen LogP contribution is 2.37. The fourth-order valence-electron chi connectivity index (χ4n) is 2.41. The lowest BCUT2D eigenvalue weighted by molar-refractivity contribution is -0.138. The summed E-state index contributed by atoms with van der Waals surface area (Å²) in [6.45, 7) is 1.57. The molecule has 5 heteroatoms. The monoisotopic (exact) mass is 309 g/mol. The van der Waals surface area contributed by atoms with Crippen LogP contribution < -0.4 is 0 Å². The number of carboxylic acids is 1. The van der Waals surface area contributed by atoms with Crippen molar-refractivity contribution in [2.24, 2.45) is 5.92 Å². The van der Waals surface area contributed by atoms with Gasteiger partial charge in [0, 0.05) is 28.1 Å². The van der Waals surface area contributed by atoms with Crippen LogP contribution in [0.4, 0.5) is 0 Å². The average Bonchev–Trinajstić information content (AvgIpc) is 3.15. The number of thiophene rings is 1. The number of fused-ring (bicyclic) bond motifs is 1. The maximum absolute atomic E-state index is 11.0. The molecule has 1 aromatic carbocycles. The number of aliphatic carboxylic acids is 1. The third-order valence-electron chi connectivity index (χ3n) is 3.54. The van der Waals surface area contributed by atoms with E-state index in [0.29, 0.717) is 12.5 Å². The molecule has 1 fully saturated rings. The molecule has 0 unspecified atom stereocenters. The molecule has 2 aromatic rings. The molecule has 0 atom stereocenters. The van der Waals surface area contributed by atoms with Gasteiger partial charge in [0.15, 0.2) is 0 Å². The molecule has 1 aliphatic rings. The SMILES string of the molecule is O=C(O)CN(Cc1sc2ccccc2c1Cl)CC1CC1. The van der Waals surface area contributed by atoms with E-state index in [1.54, 1.807) is 11.3 Å². The van der Waals surface area contributed by atoms with Gasteiger partial charge in [0.1, 0.15) is 0 Å². The van der Waals surface area contributed by atoms with Crippen LogP contribution in [-0.4, -0.2) is 29.1 Å². The maximum atomic E-state index is 11.0. The molecule has 3 rings (SSSR count). The first-order valence-electron chi connectivity index (χ1n) is 6.73. The second-order valence-electron chi connectivity index (χ2n) is 5.34. The Morgan fingerprint density at radius 2 is 2.15 bits per heavy atom. The van der Waals surface area contributed by atoms with Crippen molar-refractivity contribution in [2.75, 3.05) is 13.1 Å². The van der Waals surface area contributed by atoms with Gasteiger partial charge in [0.2, 0.25) is 0 Å². The van der Waals surface area contributed by atoms with Crippen LogP contribution in [0.2, 0.25) is 5.02 Å². The summed E-state index contributed by atoms with van der Waals surface area (Å²) in [5.74, 6) is -0.106. The lowest BCUT2D eigenvalue weighted by atomic mass is 10.2. The molecule has 1 aliphatic carbocycles. The summed E-state index contributed by atoms with van der Waals surface area (Å²) in [5.41, 5.74) is 0. The van der Waals surface area contributed by atoms with Crippen molar-refractivity contribution in [3.8, 4) is 0 Å². The van der Waals surface area contributed by atoms with Gasteiger partial charge in [0.25, 0.3) is 0 Å². The molecule has 0 amide bonds. The van der Waals surface area contributed by atoms with Crippen LogP contribution in [0.3, 0.4) is 0 Å². The zero-order chi connectivity index (χ0) is 14.1. The van der Waals surface area contributed by atoms with E-state index in [0.717, 1.165) is 26.5 Å². The second-order valence-corrected chi connectivity index (χ2v) is 6.86. The van der Waals surface area contributed by atoms with E-state index in [-0.39, 0.29) is 6.54 Å². The van der Waals surface area contributed by atoms with Gasteiger partial charge in [-0.15, -0.1) is 11.3 Å². The quantitative estimate of drug-likeness (QED) is 0.881. The number of carboxylic acid groups (broad SMARTS) is 1. The third-order valence-corrected chi connectivity index (χ3v) is 5.24. The van der Waals surface area contributed by atoms with Crippen molar-refractivity contribution >= 4 is 39.0 Å². The number of nitrogens with zero attached hydrogens (tertiary/aromatic N) is 1. The summed E-state index contributed by atoms with van der Waals surface area (Å²) < 4.78 is 1.16. The lowest BCUT2D eigenvalue weighted by Crippen LogP contribution is -2.31. The average molecular weight is 310 g/mol. The molecule has 3 nitrogen and oxygen atoms in total. The predicted molar refractivity (Wildman–Crippen MR) is 82.5 cm³/mol. The molecule has 0 radical (unpaired) electrons. The first-order valence-corrected chi connectivity index (χ1v) is 7.93. The Kier molecular flexibility index (Phi) is 3.96. The Balaban J connectivity index is 1.81. The van der Waals surface area contributed by atoms with Gasteiger partial charge < -0.3 is 5.11 Å². The molecule has 106 valence electrons. The number of benzene rings is 1. The smallest absolute Gasteiger partial charge is 0.317 e. The van der Waals surface area contributed by atoms with Crippen LogP contribution in [-0.2, 0) is 11.3 Å². The number of hydrogen-bond donors (Lipinski definition) is 1. The van der Waals surface area contributed by atoms with Crippen LogP contribution in [0.25, 0.3) is 10.1 Å². The van der Waals surface area contributed by atoms with Crippen molar-refractivity contribution in [2.45, 2.75) is 19.4 Å². The second kappa shape index (κ2) is 5.72. The Labute approximate surface area is 126 Å². The normalized spacial score (nSPS) is 15.1. The molecule has 1 aromatic heterocycles. The Bertz CT molecular complexity index is 636. The van der Waals surface area contributed by atoms with E-state index in [4.69, 9.17) is 16.7 Å². The first kappa shape index (κ1) is 13.9. The summed E-state index contributed by atoms with van der Waals surface area (Å²) in [7, 11) is 0. The summed E-state index contributed by atoms with van der Waals surface area (Å²) in [6.07, 6.45) is 2.44. The summed E-state index contributed by atoms with van der Waals surface area (Å²) in [6, 6.07) is 8.04. The molecular weight excluding hydrogens is 294 g/mol. The highest BCUT2D eigenvalue weighted by atomic mass is 35.5. The third kappa shape index (κ3) is 3.14. The van der Waals surface area contributed by atoms with Gasteiger partial charge in [-0.1, -0.05) is 29.8 Å². The molecule has 0 aliphatic heterocycles. The van der Waals surface area contributed by atoms with Gasteiger partial charge in [-0.2, -0.15) is 0 Å². The van der Waals surface area contributed by atoms with E-state index >= 15 is 0 Å². The minimum absolute atomic E-state index is 0.0844. The molecule has 0 spiro atoms. The fourth-order valence-corrected chi connectivity index (χ4v) is 3.95. The summed E-state index contributed by atoms with van der Waals surface area (Å²) >= 11 is 8.09.